The van der Waals surface area contributed by atoms with Gasteiger partial charge in [-0.05, 0) is 31.9 Å². The minimum absolute atomic E-state index is 0.0562. The largest absolute Gasteiger partial charge is 0.573 e. The number of aromatic nitrogens is 1. The van der Waals surface area contributed by atoms with Crippen molar-refractivity contribution in [2.45, 2.75) is 6.36 Å². The molecule has 0 spiro atoms. The molecule has 1 aromatic heterocycles. The van der Waals surface area contributed by atoms with Gasteiger partial charge in [0, 0.05) is 6.20 Å². The Morgan fingerprint density at radius 2 is 1.93 bits per heavy atom. The lowest BCUT2D eigenvalue weighted by Crippen LogP contribution is -2.22. The Morgan fingerprint density at radius 1 is 1.36 bits per heavy atom. The molecule has 0 aliphatic rings. The monoisotopic (exact) mass is 335 g/mol. The maximum atomic E-state index is 11.8. The Morgan fingerprint density at radius 3 is 2.43 bits per heavy atom. The van der Waals surface area contributed by atoms with Crippen molar-refractivity contribution in [3.05, 3.63) is 25.5 Å². The molecule has 0 unspecified atom stereocenters. The van der Waals surface area contributed by atoms with Gasteiger partial charge in [-0.2, -0.15) is 0 Å². The van der Waals surface area contributed by atoms with Crippen molar-refractivity contribution >= 4 is 31.9 Å². The molecule has 0 radical (unpaired) electrons. The zero-order valence-corrected chi connectivity index (χ0v) is 9.46. The van der Waals surface area contributed by atoms with E-state index in [1.165, 1.54) is 0 Å². The first-order chi connectivity index (χ1) is 6.31. The fourth-order valence-electron chi connectivity index (χ4n) is 0.666. The van der Waals surface area contributed by atoms with Crippen LogP contribution >= 0.6 is 31.9 Å². The van der Waals surface area contributed by atoms with Gasteiger partial charge in [-0.3, -0.25) is 4.79 Å². The molecule has 0 fully saturated rings. The molecule has 0 saturated carbocycles. The summed E-state index contributed by atoms with van der Waals surface area (Å²) in [4.78, 5) is 13.5. The lowest BCUT2D eigenvalue weighted by molar-refractivity contribution is -0.275. The normalized spacial score (nSPS) is 11.5. The molecule has 8 heteroatoms. The van der Waals surface area contributed by atoms with E-state index in [4.69, 9.17) is 0 Å². The van der Waals surface area contributed by atoms with Gasteiger partial charge in [0.1, 0.15) is 4.60 Å². The summed E-state index contributed by atoms with van der Waals surface area (Å²) in [5.41, 5.74) is -0.882. The van der Waals surface area contributed by atoms with Gasteiger partial charge in [-0.1, -0.05) is 0 Å². The highest BCUT2D eigenvalue weighted by Crippen LogP contribution is 2.23. The van der Waals surface area contributed by atoms with Crippen LogP contribution in [0.4, 0.5) is 13.2 Å². The summed E-state index contributed by atoms with van der Waals surface area (Å²) in [6.45, 7) is 0. The molecule has 1 heterocycles. The summed E-state index contributed by atoms with van der Waals surface area (Å²) in [6, 6.07) is 0. The average molecular weight is 337 g/mol. The fraction of sp³-hybridized carbons (Fsp3) is 0.167. The minimum atomic E-state index is -4.87. The smallest absolute Gasteiger partial charge is 0.400 e. The summed E-state index contributed by atoms with van der Waals surface area (Å²) in [5, 5.41) is 0. The van der Waals surface area contributed by atoms with Gasteiger partial charge in [-0.15, -0.1) is 13.2 Å². The van der Waals surface area contributed by atoms with Crippen molar-refractivity contribution < 1.29 is 17.9 Å². The van der Waals surface area contributed by atoms with E-state index in [2.05, 4.69) is 41.6 Å². The summed E-state index contributed by atoms with van der Waals surface area (Å²) in [7, 11) is 0. The van der Waals surface area contributed by atoms with Gasteiger partial charge in [0.05, 0.1) is 4.47 Å². The number of alkyl halides is 3. The Bertz CT molecular complexity index is 401. The topological polar surface area (TPSA) is 42.1 Å². The Balaban J connectivity index is 3.13. The van der Waals surface area contributed by atoms with Crippen molar-refractivity contribution in [1.82, 2.24) is 4.98 Å². The van der Waals surface area contributed by atoms with Crippen LogP contribution in [0.1, 0.15) is 0 Å². The van der Waals surface area contributed by atoms with Crippen molar-refractivity contribution in [3.8, 4) is 5.75 Å². The molecule has 0 atom stereocenters. The summed E-state index contributed by atoms with van der Waals surface area (Å²) < 4.78 is 38.9. The second kappa shape index (κ2) is 3.93. The number of pyridine rings is 1. The fourth-order valence-corrected chi connectivity index (χ4v) is 1.27. The molecule has 0 aliphatic carbocycles. The molecule has 1 rings (SSSR count). The van der Waals surface area contributed by atoms with Crippen LogP contribution in [-0.4, -0.2) is 11.3 Å². The van der Waals surface area contributed by atoms with Crippen LogP contribution in [0.3, 0.4) is 0 Å². The highest BCUT2D eigenvalue weighted by molar-refractivity contribution is 9.13. The maximum Gasteiger partial charge on any atom is 0.573 e. The van der Waals surface area contributed by atoms with Gasteiger partial charge in [-0.25, -0.2) is 0 Å². The van der Waals surface area contributed by atoms with Crippen molar-refractivity contribution in [2.75, 3.05) is 0 Å². The third kappa shape index (κ3) is 2.74. The van der Waals surface area contributed by atoms with E-state index in [0.717, 1.165) is 6.20 Å². The average Bonchev–Trinajstić information content (AvgIpc) is 2.04. The summed E-state index contributed by atoms with van der Waals surface area (Å²) in [5.74, 6) is -0.812. The number of hydrogen-bond donors (Lipinski definition) is 1. The molecule has 0 aliphatic heterocycles. The predicted octanol–water partition coefficient (Wildman–Crippen LogP) is 2.80. The number of rotatable bonds is 1. The summed E-state index contributed by atoms with van der Waals surface area (Å²) >= 11 is 5.72. The van der Waals surface area contributed by atoms with Crippen molar-refractivity contribution in [2.24, 2.45) is 0 Å². The highest BCUT2D eigenvalue weighted by Gasteiger charge is 2.32. The molecule has 0 aromatic carbocycles. The van der Waals surface area contributed by atoms with Gasteiger partial charge in [0.15, 0.2) is 5.75 Å². The Labute approximate surface area is 92.5 Å². The third-order valence-electron chi connectivity index (χ3n) is 1.17. The van der Waals surface area contributed by atoms with Gasteiger partial charge >= 0.3 is 6.36 Å². The third-order valence-corrected chi connectivity index (χ3v) is 3.09. The van der Waals surface area contributed by atoms with E-state index in [-0.39, 0.29) is 9.08 Å². The molecular formula is C6H2Br2F3NO2. The number of halogens is 5. The first kappa shape index (κ1) is 11.6. The molecule has 1 aromatic rings. The predicted molar refractivity (Wildman–Crippen MR) is 49.1 cm³/mol. The van der Waals surface area contributed by atoms with Crippen molar-refractivity contribution in [1.29, 1.82) is 0 Å². The van der Waals surface area contributed by atoms with Crippen LogP contribution in [0.5, 0.6) is 5.75 Å². The van der Waals surface area contributed by atoms with E-state index in [0.29, 0.717) is 0 Å². The van der Waals surface area contributed by atoms with Crippen LogP contribution in [0.2, 0.25) is 0 Å². The van der Waals surface area contributed by atoms with Crippen LogP contribution in [0.15, 0.2) is 20.1 Å². The zero-order valence-electron chi connectivity index (χ0n) is 6.28. The van der Waals surface area contributed by atoms with E-state index in [1.54, 1.807) is 0 Å². The Hall–Kier alpha value is -0.500. The first-order valence-electron chi connectivity index (χ1n) is 3.13. The zero-order chi connectivity index (χ0) is 10.9. The lowest BCUT2D eigenvalue weighted by Gasteiger charge is -2.08. The minimum Gasteiger partial charge on any atom is -0.400 e. The lowest BCUT2D eigenvalue weighted by atomic mass is 10.4. The van der Waals surface area contributed by atoms with Crippen LogP contribution in [-0.2, 0) is 0 Å². The molecule has 0 amide bonds. The molecule has 0 saturated heterocycles. The number of H-pyrrole nitrogens is 1. The maximum absolute atomic E-state index is 11.8. The van der Waals surface area contributed by atoms with E-state index in [9.17, 15) is 18.0 Å². The van der Waals surface area contributed by atoms with Crippen LogP contribution in [0, 0.1) is 0 Å². The number of hydrogen-bond acceptors (Lipinski definition) is 2. The molecule has 78 valence electrons. The first-order valence-corrected chi connectivity index (χ1v) is 4.72. The quantitative estimate of drug-likeness (QED) is 0.801. The molecule has 0 bridgehead atoms. The SMILES string of the molecule is O=c1c(OC(F)(F)F)c[nH]c(Br)c1Br. The van der Waals surface area contributed by atoms with E-state index < -0.39 is 17.5 Å². The number of nitrogens with one attached hydrogen (secondary N) is 1. The van der Waals surface area contributed by atoms with Gasteiger partial charge in [0.2, 0.25) is 5.43 Å². The van der Waals surface area contributed by atoms with Crippen LogP contribution < -0.4 is 10.2 Å². The second-order valence-corrected chi connectivity index (χ2v) is 3.74. The number of ether oxygens (including phenoxy) is 1. The van der Waals surface area contributed by atoms with Crippen molar-refractivity contribution in [3.63, 3.8) is 0 Å². The molecule has 3 nitrogen and oxygen atoms in total. The number of aromatic amines is 1. The van der Waals surface area contributed by atoms with Crippen LogP contribution in [0.25, 0.3) is 0 Å². The Kier molecular flexibility index (Phi) is 3.25. The van der Waals surface area contributed by atoms with E-state index >= 15 is 0 Å². The standard InChI is InChI=1S/C6H2Br2F3NO2/c7-3-4(13)2(1-12-5(3)8)14-6(9,10)11/h1H,(H,12,13). The van der Waals surface area contributed by atoms with Gasteiger partial charge < -0.3 is 9.72 Å². The second-order valence-electron chi connectivity index (χ2n) is 2.16. The summed E-state index contributed by atoms with van der Waals surface area (Å²) in [6.07, 6.45) is -4.05. The van der Waals surface area contributed by atoms with Gasteiger partial charge in [0.25, 0.3) is 0 Å². The highest BCUT2D eigenvalue weighted by atomic mass is 79.9. The molecule has 1 N–H and O–H groups in total. The van der Waals surface area contributed by atoms with E-state index in [1.807, 2.05) is 0 Å². The molecule has 14 heavy (non-hydrogen) atoms. The molecular weight excluding hydrogens is 335 g/mol.